The summed E-state index contributed by atoms with van der Waals surface area (Å²) in [4.78, 5) is 25.9. The van der Waals surface area contributed by atoms with Crippen LogP contribution in [-0.2, 0) is 17.6 Å². The molecule has 0 fully saturated rings. The fourth-order valence-electron chi connectivity index (χ4n) is 2.97. The van der Waals surface area contributed by atoms with Gasteiger partial charge >= 0.3 is 5.97 Å². The summed E-state index contributed by atoms with van der Waals surface area (Å²) < 4.78 is 4.93. The SMILES string of the molecule is COC(=O)c1c(NC(=O)c2ccccc2Cl)sc2c1CC[C@H](C)C2. The highest BCUT2D eigenvalue weighted by Gasteiger charge is 2.29. The Kier molecular flexibility index (Phi) is 4.92. The van der Waals surface area contributed by atoms with Crippen molar-refractivity contribution in [3.05, 3.63) is 50.9 Å². The smallest absolute Gasteiger partial charge is 0.341 e. The monoisotopic (exact) mass is 363 g/mol. The van der Waals surface area contributed by atoms with E-state index in [-0.39, 0.29) is 5.91 Å². The van der Waals surface area contributed by atoms with Gasteiger partial charge in [-0.3, -0.25) is 4.79 Å². The predicted octanol–water partition coefficient (Wildman–Crippen LogP) is 4.57. The molecule has 0 unspecified atom stereocenters. The van der Waals surface area contributed by atoms with Crippen LogP contribution >= 0.6 is 22.9 Å². The third-order valence-electron chi connectivity index (χ3n) is 4.25. The summed E-state index contributed by atoms with van der Waals surface area (Å²) in [6, 6.07) is 6.84. The van der Waals surface area contributed by atoms with Gasteiger partial charge in [0.15, 0.2) is 0 Å². The molecule has 1 atom stereocenters. The molecule has 1 heterocycles. The second-order valence-electron chi connectivity index (χ2n) is 5.98. The number of benzene rings is 1. The first-order valence-corrected chi connectivity index (χ1v) is 8.99. The predicted molar refractivity (Wildman–Crippen MR) is 96.3 cm³/mol. The molecule has 0 saturated heterocycles. The summed E-state index contributed by atoms with van der Waals surface area (Å²) in [5.74, 6) is -0.150. The fraction of sp³-hybridized carbons (Fsp3) is 0.333. The van der Waals surface area contributed by atoms with Crippen LogP contribution in [0.3, 0.4) is 0 Å². The van der Waals surface area contributed by atoms with Gasteiger partial charge < -0.3 is 10.1 Å². The van der Waals surface area contributed by atoms with Crippen LogP contribution in [0.1, 0.15) is 44.5 Å². The lowest BCUT2D eigenvalue weighted by Crippen LogP contribution is -2.16. The van der Waals surface area contributed by atoms with E-state index < -0.39 is 5.97 Å². The lowest BCUT2D eigenvalue weighted by atomic mass is 9.88. The highest BCUT2D eigenvalue weighted by Crippen LogP contribution is 2.40. The molecule has 3 rings (SSSR count). The van der Waals surface area contributed by atoms with Crippen LogP contribution in [0.4, 0.5) is 5.00 Å². The van der Waals surface area contributed by atoms with Crippen LogP contribution in [0.25, 0.3) is 0 Å². The Bertz CT molecular complexity index is 800. The van der Waals surface area contributed by atoms with Crippen LogP contribution in [0.2, 0.25) is 5.02 Å². The largest absolute Gasteiger partial charge is 0.465 e. The molecule has 1 aliphatic carbocycles. The fourth-order valence-corrected chi connectivity index (χ4v) is 4.59. The number of carbonyl (C=O) groups excluding carboxylic acids is 2. The minimum Gasteiger partial charge on any atom is -0.465 e. The van der Waals surface area contributed by atoms with Gasteiger partial charge in [-0.25, -0.2) is 4.79 Å². The lowest BCUT2D eigenvalue weighted by molar-refractivity contribution is 0.0601. The Hall–Kier alpha value is -1.85. The summed E-state index contributed by atoms with van der Waals surface area (Å²) in [6.07, 6.45) is 2.79. The van der Waals surface area contributed by atoms with Gasteiger partial charge in [-0.2, -0.15) is 0 Å². The number of amides is 1. The quantitative estimate of drug-likeness (QED) is 0.813. The molecule has 0 radical (unpaired) electrons. The maximum Gasteiger partial charge on any atom is 0.341 e. The number of fused-ring (bicyclic) bond motifs is 1. The average molecular weight is 364 g/mol. The first-order valence-electron chi connectivity index (χ1n) is 7.80. The van der Waals surface area contributed by atoms with Gasteiger partial charge in [-0.1, -0.05) is 30.7 Å². The number of carbonyl (C=O) groups is 2. The minimum atomic E-state index is -0.406. The molecule has 4 nitrogen and oxygen atoms in total. The van der Waals surface area contributed by atoms with Gasteiger partial charge in [0.1, 0.15) is 5.00 Å². The average Bonchev–Trinajstić information content (AvgIpc) is 2.91. The van der Waals surface area contributed by atoms with E-state index in [9.17, 15) is 9.59 Å². The van der Waals surface area contributed by atoms with Crippen molar-refractivity contribution in [2.45, 2.75) is 26.2 Å². The van der Waals surface area contributed by atoms with E-state index in [1.807, 2.05) is 0 Å². The summed E-state index contributed by atoms with van der Waals surface area (Å²) in [6.45, 7) is 2.20. The van der Waals surface area contributed by atoms with Crippen LogP contribution in [0.15, 0.2) is 24.3 Å². The zero-order valence-electron chi connectivity index (χ0n) is 13.5. The first-order chi connectivity index (χ1) is 11.5. The van der Waals surface area contributed by atoms with Gasteiger partial charge in [-0.05, 0) is 42.9 Å². The summed E-state index contributed by atoms with van der Waals surface area (Å²) in [5.41, 5.74) is 1.89. The molecule has 6 heteroatoms. The van der Waals surface area contributed by atoms with E-state index in [0.29, 0.717) is 27.1 Å². The minimum absolute atomic E-state index is 0.322. The Morgan fingerprint density at radius 2 is 2.08 bits per heavy atom. The molecule has 1 aromatic carbocycles. The summed E-state index contributed by atoms with van der Waals surface area (Å²) >= 11 is 7.55. The number of esters is 1. The standard InChI is InChI=1S/C18H18ClNO3S/c1-10-7-8-12-14(9-10)24-17(15(12)18(22)23-2)20-16(21)11-5-3-4-6-13(11)19/h3-6,10H,7-9H2,1-2H3,(H,20,21)/t10-/m0/s1. The number of nitrogens with one attached hydrogen (secondary N) is 1. The van der Waals surface area contributed by atoms with Crippen LogP contribution in [0.5, 0.6) is 0 Å². The van der Waals surface area contributed by atoms with Crippen molar-refractivity contribution in [1.29, 1.82) is 0 Å². The van der Waals surface area contributed by atoms with E-state index in [1.165, 1.54) is 18.4 Å². The molecule has 1 aromatic heterocycles. The van der Waals surface area contributed by atoms with E-state index in [0.717, 1.165) is 29.7 Å². The van der Waals surface area contributed by atoms with E-state index >= 15 is 0 Å². The Balaban J connectivity index is 1.97. The molecule has 0 bridgehead atoms. The van der Waals surface area contributed by atoms with Crippen molar-refractivity contribution in [2.24, 2.45) is 5.92 Å². The van der Waals surface area contributed by atoms with Crippen molar-refractivity contribution < 1.29 is 14.3 Å². The topological polar surface area (TPSA) is 55.4 Å². The maximum atomic E-state index is 12.5. The number of rotatable bonds is 3. The Morgan fingerprint density at radius 1 is 1.33 bits per heavy atom. The van der Waals surface area contributed by atoms with Crippen molar-refractivity contribution >= 4 is 39.8 Å². The molecule has 126 valence electrons. The van der Waals surface area contributed by atoms with Crippen LogP contribution < -0.4 is 5.32 Å². The molecule has 24 heavy (non-hydrogen) atoms. The molecule has 1 N–H and O–H groups in total. The zero-order chi connectivity index (χ0) is 17.3. The number of anilines is 1. The van der Waals surface area contributed by atoms with Crippen LogP contribution in [0, 0.1) is 5.92 Å². The molecule has 0 saturated carbocycles. The molecule has 2 aromatic rings. The number of hydrogen-bond acceptors (Lipinski definition) is 4. The molecule has 0 aliphatic heterocycles. The Labute approximate surface area is 149 Å². The van der Waals surface area contributed by atoms with Crippen LogP contribution in [-0.4, -0.2) is 19.0 Å². The second-order valence-corrected chi connectivity index (χ2v) is 7.49. The van der Waals surface area contributed by atoms with E-state index in [2.05, 4.69) is 12.2 Å². The number of ether oxygens (including phenoxy) is 1. The number of methoxy groups -OCH3 is 1. The summed E-state index contributed by atoms with van der Waals surface area (Å²) in [5, 5.41) is 3.78. The second kappa shape index (κ2) is 6.95. The van der Waals surface area contributed by atoms with Crippen molar-refractivity contribution in [2.75, 3.05) is 12.4 Å². The summed E-state index contributed by atoms with van der Waals surface area (Å²) in [7, 11) is 1.36. The zero-order valence-corrected chi connectivity index (χ0v) is 15.1. The van der Waals surface area contributed by atoms with Gasteiger partial charge in [0.25, 0.3) is 5.91 Å². The number of thiophene rings is 1. The van der Waals surface area contributed by atoms with E-state index in [4.69, 9.17) is 16.3 Å². The lowest BCUT2D eigenvalue weighted by Gasteiger charge is -2.18. The Morgan fingerprint density at radius 3 is 2.79 bits per heavy atom. The molecule has 1 aliphatic rings. The molecule has 1 amide bonds. The maximum absolute atomic E-state index is 12.5. The van der Waals surface area contributed by atoms with Gasteiger partial charge in [0.2, 0.25) is 0 Å². The molecular weight excluding hydrogens is 346 g/mol. The van der Waals surface area contributed by atoms with Gasteiger partial charge in [-0.15, -0.1) is 11.3 Å². The first kappa shape index (κ1) is 17.0. The van der Waals surface area contributed by atoms with Crippen molar-refractivity contribution in [3.63, 3.8) is 0 Å². The van der Waals surface area contributed by atoms with Crippen molar-refractivity contribution in [3.8, 4) is 0 Å². The van der Waals surface area contributed by atoms with Gasteiger partial charge in [0, 0.05) is 4.88 Å². The van der Waals surface area contributed by atoms with E-state index in [1.54, 1.807) is 24.3 Å². The molecular formula is C18H18ClNO3S. The van der Waals surface area contributed by atoms with Crippen molar-refractivity contribution in [1.82, 2.24) is 0 Å². The highest BCUT2D eigenvalue weighted by molar-refractivity contribution is 7.17. The van der Waals surface area contributed by atoms with Gasteiger partial charge in [0.05, 0.1) is 23.3 Å². The molecule has 0 spiro atoms. The normalized spacial score (nSPS) is 16.4. The third-order valence-corrected chi connectivity index (χ3v) is 5.75. The number of hydrogen-bond donors (Lipinski definition) is 1. The number of halogens is 1. The highest BCUT2D eigenvalue weighted by atomic mass is 35.5. The third kappa shape index (κ3) is 3.19.